The van der Waals surface area contributed by atoms with E-state index < -0.39 is 0 Å². The van der Waals surface area contributed by atoms with E-state index in [0.717, 1.165) is 25.7 Å². The van der Waals surface area contributed by atoms with E-state index in [2.05, 4.69) is 0 Å². The Bertz CT molecular complexity index is 262. The molecular formula is C12H22N2O2. The predicted molar refractivity (Wildman–Crippen MR) is 61.8 cm³/mol. The number of hydrogen-bond acceptors (Lipinski definition) is 3. The Morgan fingerprint density at radius 1 is 1.38 bits per heavy atom. The third-order valence-electron chi connectivity index (χ3n) is 3.87. The van der Waals surface area contributed by atoms with Crippen molar-refractivity contribution in [3.05, 3.63) is 0 Å². The predicted octanol–water partition coefficient (Wildman–Crippen LogP) is 0.631. The first-order valence-electron chi connectivity index (χ1n) is 6.34. The number of aliphatic hydroxyl groups is 1. The number of nitrogens with zero attached hydrogens (tertiary/aromatic N) is 1. The molecule has 4 heteroatoms. The Labute approximate surface area is 96.8 Å². The second kappa shape index (κ2) is 4.72. The Morgan fingerprint density at radius 3 is 2.62 bits per heavy atom. The fourth-order valence-electron chi connectivity index (χ4n) is 2.81. The molecule has 1 atom stereocenters. The van der Waals surface area contributed by atoms with Gasteiger partial charge in [-0.1, -0.05) is 19.3 Å². The summed E-state index contributed by atoms with van der Waals surface area (Å²) in [6.45, 7) is 1.19. The second-order valence-electron chi connectivity index (χ2n) is 5.38. The van der Waals surface area contributed by atoms with Crippen LogP contribution in [0.5, 0.6) is 0 Å². The van der Waals surface area contributed by atoms with Crippen LogP contribution < -0.4 is 5.73 Å². The van der Waals surface area contributed by atoms with Gasteiger partial charge < -0.3 is 15.7 Å². The van der Waals surface area contributed by atoms with E-state index in [4.69, 9.17) is 5.73 Å². The fraction of sp³-hybridized carbons (Fsp3) is 0.917. The van der Waals surface area contributed by atoms with Crippen LogP contribution in [0.15, 0.2) is 0 Å². The van der Waals surface area contributed by atoms with E-state index in [-0.39, 0.29) is 17.6 Å². The van der Waals surface area contributed by atoms with Crippen molar-refractivity contribution >= 4 is 5.91 Å². The van der Waals surface area contributed by atoms with Crippen molar-refractivity contribution in [2.24, 2.45) is 5.73 Å². The van der Waals surface area contributed by atoms with Gasteiger partial charge in [-0.05, 0) is 19.3 Å². The zero-order valence-corrected chi connectivity index (χ0v) is 9.82. The quantitative estimate of drug-likeness (QED) is 0.726. The number of hydrogen-bond donors (Lipinski definition) is 2. The Morgan fingerprint density at radius 2 is 2.06 bits per heavy atom. The number of carbonyl (C=O) groups is 1. The topological polar surface area (TPSA) is 66.6 Å². The van der Waals surface area contributed by atoms with Crippen LogP contribution >= 0.6 is 0 Å². The molecule has 0 spiro atoms. The summed E-state index contributed by atoms with van der Waals surface area (Å²) in [6.07, 6.45) is 6.31. The zero-order chi connectivity index (χ0) is 11.6. The molecule has 0 bridgehead atoms. The van der Waals surface area contributed by atoms with Gasteiger partial charge in [0.05, 0.1) is 6.10 Å². The molecule has 2 fully saturated rings. The molecule has 16 heavy (non-hydrogen) atoms. The maximum atomic E-state index is 12.0. The molecule has 0 aromatic heterocycles. The fourth-order valence-corrected chi connectivity index (χ4v) is 2.81. The van der Waals surface area contributed by atoms with Crippen LogP contribution in [-0.2, 0) is 4.79 Å². The molecule has 0 aromatic rings. The molecule has 1 saturated carbocycles. The van der Waals surface area contributed by atoms with Crippen molar-refractivity contribution in [1.29, 1.82) is 0 Å². The molecule has 3 N–H and O–H groups in total. The Balaban J connectivity index is 1.86. The van der Waals surface area contributed by atoms with E-state index in [1.807, 2.05) is 0 Å². The summed E-state index contributed by atoms with van der Waals surface area (Å²) in [7, 11) is 0. The molecule has 1 saturated heterocycles. The van der Waals surface area contributed by atoms with E-state index in [0.29, 0.717) is 25.9 Å². The molecule has 1 aliphatic carbocycles. The van der Waals surface area contributed by atoms with Gasteiger partial charge in [0, 0.05) is 25.0 Å². The lowest BCUT2D eigenvalue weighted by Crippen LogP contribution is -2.46. The van der Waals surface area contributed by atoms with Crippen LogP contribution in [0.4, 0.5) is 0 Å². The van der Waals surface area contributed by atoms with E-state index in [1.165, 1.54) is 6.42 Å². The summed E-state index contributed by atoms with van der Waals surface area (Å²) in [5.74, 6) is 0.126. The standard InChI is InChI=1S/C12H22N2O2/c13-12(5-2-1-3-6-12)8-11(16)14-7-4-10(15)9-14/h10,15H,1-9,13H2/t10-/m0/s1. The summed E-state index contributed by atoms with van der Waals surface area (Å²) in [4.78, 5) is 13.8. The number of nitrogens with two attached hydrogens (primary N) is 1. The molecule has 0 unspecified atom stereocenters. The highest BCUT2D eigenvalue weighted by atomic mass is 16.3. The minimum atomic E-state index is -0.330. The number of aliphatic hydroxyl groups excluding tert-OH is 1. The molecule has 0 radical (unpaired) electrons. The summed E-state index contributed by atoms with van der Waals surface area (Å²) in [6, 6.07) is 0. The lowest BCUT2D eigenvalue weighted by atomic mass is 9.80. The normalized spacial score (nSPS) is 29.4. The number of β-amino-alcohol motifs (C(OH)–C–C–N with tert-alkyl or cyclic N) is 1. The summed E-state index contributed by atoms with van der Waals surface area (Å²) >= 11 is 0. The highest BCUT2D eigenvalue weighted by molar-refractivity contribution is 5.77. The lowest BCUT2D eigenvalue weighted by Gasteiger charge is -2.34. The number of likely N-dealkylation sites (tertiary alicyclic amines) is 1. The third kappa shape index (κ3) is 2.74. The smallest absolute Gasteiger partial charge is 0.224 e. The monoisotopic (exact) mass is 226 g/mol. The van der Waals surface area contributed by atoms with Gasteiger partial charge in [-0.25, -0.2) is 0 Å². The molecule has 2 rings (SSSR count). The van der Waals surface area contributed by atoms with Gasteiger partial charge in [-0.3, -0.25) is 4.79 Å². The van der Waals surface area contributed by atoms with Crippen LogP contribution in [-0.4, -0.2) is 40.6 Å². The molecule has 2 aliphatic rings. The van der Waals surface area contributed by atoms with Gasteiger partial charge in [0.25, 0.3) is 0 Å². The van der Waals surface area contributed by atoms with Crippen molar-refractivity contribution < 1.29 is 9.90 Å². The first-order chi connectivity index (χ1) is 7.59. The van der Waals surface area contributed by atoms with E-state index in [9.17, 15) is 9.90 Å². The van der Waals surface area contributed by atoms with Gasteiger partial charge in [0.2, 0.25) is 5.91 Å². The van der Waals surface area contributed by atoms with Crippen LogP contribution in [0.25, 0.3) is 0 Å². The highest BCUT2D eigenvalue weighted by Crippen LogP contribution is 2.29. The van der Waals surface area contributed by atoms with Gasteiger partial charge in [-0.15, -0.1) is 0 Å². The van der Waals surface area contributed by atoms with E-state index >= 15 is 0 Å². The average Bonchev–Trinajstić information content (AvgIpc) is 2.65. The first-order valence-corrected chi connectivity index (χ1v) is 6.34. The first kappa shape index (κ1) is 11.9. The van der Waals surface area contributed by atoms with Crippen molar-refractivity contribution in [3.63, 3.8) is 0 Å². The van der Waals surface area contributed by atoms with Gasteiger partial charge in [0.15, 0.2) is 0 Å². The van der Waals surface area contributed by atoms with Crippen molar-refractivity contribution in [2.75, 3.05) is 13.1 Å². The van der Waals surface area contributed by atoms with Gasteiger partial charge in [-0.2, -0.15) is 0 Å². The van der Waals surface area contributed by atoms with Crippen LogP contribution in [0.1, 0.15) is 44.9 Å². The van der Waals surface area contributed by atoms with Crippen LogP contribution in [0.3, 0.4) is 0 Å². The minimum Gasteiger partial charge on any atom is -0.391 e. The van der Waals surface area contributed by atoms with Gasteiger partial charge >= 0.3 is 0 Å². The molecule has 1 aliphatic heterocycles. The van der Waals surface area contributed by atoms with Gasteiger partial charge in [0.1, 0.15) is 0 Å². The second-order valence-corrected chi connectivity index (χ2v) is 5.38. The third-order valence-corrected chi connectivity index (χ3v) is 3.87. The lowest BCUT2D eigenvalue weighted by molar-refractivity contribution is -0.132. The summed E-state index contributed by atoms with van der Waals surface area (Å²) in [5.41, 5.74) is 5.98. The SMILES string of the molecule is NC1(CC(=O)N2CC[C@H](O)C2)CCCCC1. The van der Waals surface area contributed by atoms with Crippen LogP contribution in [0.2, 0.25) is 0 Å². The van der Waals surface area contributed by atoms with Crippen molar-refractivity contribution in [1.82, 2.24) is 4.90 Å². The number of rotatable bonds is 2. The molecule has 1 amide bonds. The van der Waals surface area contributed by atoms with Crippen molar-refractivity contribution in [3.8, 4) is 0 Å². The summed E-state index contributed by atoms with van der Waals surface area (Å²) in [5, 5.41) is 9.39. The number of carbonyl (C=O) groups excluding carboxylic acids is 1. The maximum Gasteiger partial charge on any atom is 0.224 e. The molecule has 0 aromatic carbocycles. The highest BCUT2D eigenvalue weighted by Gasteiger charge is 2.33. The largest absolute Gasteiger partial charge is 0.391 e. The van der Waals surface area contributed by atoms with Crippen molar-refractivity contribution in [2.45, 2.75) is 56.6 Å². The molecule has 1 heterocycles. The summed E-state index contributed by atoms with van der Waals surface area (Å²) < 4.78 is 0. The average molecular weight is 226 g/mol. The van der Waals surface area contributed by atoms with Crippen LogP contribution in [0, 0.1) is 0 Å². The van der Waals surface area contributed by atoms with E-state index in [1.54, 1.807) is 4.90 Å². The minimum absolute atomic E-state index is 0.126. The molecule has 92 valence electrons. The Kier molecular flexibility index (Phi) is 3.50. The molecule has 4 nitrogen and oxygen atoms in total. The Hall–Kier alpha value is -0.610. The number of amides is 1. The zero-order valence-electron chi connectivity index (χ0n) is 9.82. The molecular weight excluding hydrogens is 204 g/mol. The maximum absolute atomic E-state index is 12.0.